The van der Waals surface area contributed by atoms with Crippen LogP contribution in [0, 0.1) is 23.7 Å². The third kappa shape index (κ3) is 4.57. The highest BCUT2D eigenvalue weighted by Gasteiger charge is 2.21. The summed E-state index contributed by atoms with van der Waals surface area (Å²) in [5.74, 6) is 6.88. The number of nitrogens with one attached hydrogen (secondary N) is 1. The second-order valence-electron chi connectivity index (χ2n) is 5.70. The zero-order valence-corrected chi connectivity index (χ0v) is 12.6. The molecule has 112 valence electrons. The van der Waals surface area contributed by atoms with Gasteiger partial charge in [-0.15, -0.1) is 0 Å². The van der Waals surface area contributed by atoms with E-state index in [9.17, 15) is 4.79 Å². The fraction of sp³-hybridized carbons (Fsp3) is 0.529. The van der Waals surface area contributed by atoms with Gasteiger partial charge < -0.3 is 11.1 Å². The Kier molecular flexibility index (Phi) is 5.77. The first-order chi connectivity index (χ1) is 10.2. The van der Waals surface area contributed by atoms with E-state index in [1.54, 1.807) is 18.5 Å². The van der Waals surface area contributed by atoms with Gasteiger partial charge in [0.2, 0.25) is 0 Å². The zero-order chi connectivity index (χ0) is 15.1. The predicted molar refractivity (Wildman–Crippen MR) is 83.6 cm³/mol. The molecule has 0 aliphatic heterocycles. The van der Waals surface area contributed by atoms with Crippen molar-refractivity contribution in [3.63, 3.8) is 0 Å². The van der Waals surface area contributed by atoms with Gasteiger partial charge in [0.15, 0.2) is 0 Å². The van der Waals surface area contributed by atoms with Gasteiger partial charge in [0.05, 0.1) is 12.1 Å². The summed E-state index contributed by atoms with van der Waals surface area (Å²) >= 11 is 0. The van der Waals surface area contributed by atoms with Crippen LogP contribution in [-0.2, 0) is 0 Å². The van der Waals surface area contributed by atoms with Gasteiger partial charge in [-0.25, -0.2) is 0 Å². The molecule has 21 heavy (non-hydrogen) atoms. The van der Waals surface area contributed by atoms with Crippen molar-refractivity contribution in [3.05, 3.63) is 29.6 Å². The highest BCUT2D eigenvalue weighted by molar-refractivity contribution is 5.94. The van der Waals surface area contributed by atoms with E-state index in [1.807, 2.05) is 0 Å². The Morgan fingerprint density at radius 3 is 3.00 bits per heavy atom. The van der Waals surface area contributed by atoms with Crippen molar-refractivity contribution in [2.24, 2.45) is 17.6 Å². The van der Waals surface area contributed by atoms with Crippen LogP contribution >= 0.6 is 0 Å². The Morgan fingerprint density at radius 2 is 2.24 bits per heavy atom. The number of rotatable bonds is 3. The molecular formula is C17H23N3O. The van der Waals surface area contributed by atoms with E-state index in [-0.39, 0.29) is 5.91 Å². The van der Waals surface area contributed by atoms with Crippen LogP contribution in [0.2, 0.25) is 0 Å². The molecule has 1 amide bonds. The Bertz CT molecular complexity index is 544. The summed E-state index contributed by atoms with van der Waals surface area (Å²) in [7, 11) is 0. The number of aromatic nitrogens is 1. The number of amides is 1. The van der Waals surface area contributed by atoms with E-state index in [4.69, 9.17) is 5.73 Å². The fourth-order valence-corrected chi connectivity index (χ4v) is 2.81. The van der Waals surface area contributed by atoms with E-state index >= 15 is 0 Å². The van der Waals surface area contributed by atoms with Crippen LogP contribution in [0.5, 0.6) is 0 Å². The number of carbonyl (C=O) groups excluding carboxylic acids is 1. The van der Waals surface area contributed by atoms with Crippen LogP contribution in [0.25, 0.3) is 0 Å². The highest BCUT2D eigenvalue weighted by Crippen LogP contribution is 2.28. The van der Waals surface area contributed by atoms with Gasteiger partial charge in [0, 0.05) is 24.5 Å². The molecule has 0 radical (unpaired) electrons. The van der Waals surface area contributed by atoms with E-state index in [1.165, 1.54) is 25.7 Å². The van der Waals surface area contributed by atoms with Crippen LogP contribution in [0.3, 0.4) is 0 Å². The van der Waals surface area contributed by atoms with Gasteiger partial charge in [-0.3, -0.25) is 9.78 Å². The lowest BCUT2D eigenvalue weighted by Gasteiger charge is -2.28. The van der Waals surface area contributed by atoms with Crippen LogP contribution in [0.4, 0.5) is 0 Å². The number of nitrogens with zero attached hydrogens (tertiary/aromatic N) is 1. The van der Waals surface area contributed by atoms with Crippen LogP contribution in [0.15, 0.2) is 18.5 Å². The molecule has 0 aromatic carbocycles. The summed E-state index contributed by atoms with van der Waals surface area (Å²) in [5.41, 5.74) is 6.62. The molecule has 1 aromatic heterocycles. The minimum atomic E-state index is -0.0725. The molecule has 1 heterocycles. The fourth-order valence-electron chi connectivity index (χ4n) is 2.81. The van der Waals surface area contributed by atoms with Gasteiger partial charge >= 0.3 is 0 Å². The van der Waals surface area contributed by atoms with Crippen molar-refractivity contribution in [1.82, 2.24) is 10.3 Å². The van der Waals surface area contributed by atoms with Crippen molar-refractivity contribution in [1.29, 1.82) is 0 Å². The second-order valence-corrected chi connectivity index (χ2v) is 5.70. The molecule has 2 atom stereocenters. The molecular weight excluding hydrogens is 262 g/mol. The minimum Gasteiger partial charge on any atom is -0.352 e. The lowest BCUT2D eigenvalue weighted by molar-refractivity contribution is 0.0936. The Hall–Kier alpha value is -1.86. The van der Waals surface area contributed by atoms with Gasteiger partial charge in [0.1, 0.15) is 0 Å². The Balaban J connectivity index is 1.93. The van der Waals surface area contributed by atoms with E-state index in [2.05, 4.69) is 29.1 Å². The lowest BCUT2D eigenvalue weighted by Crippen LogP contribution is -2.33. The molecule has 1 aromatic rings. The molecule has 4 heteroatoms. The minimum absolute atomic E-state index is 0.0725. The summed E-state index contributed by atoms with van der Waals surface area (Å²) in [5, 5.41) is 3.03. The first kappa shape index (κ1) is 15.5. The molecule has 0 spiro atoms. The number of hydrogen-bond acceptors (Lipinski definition) is 3. The van der Waals surface area contributed by atoms with E-state index in [0.29, 0.717) is 23.9 Å². The molecule has 0 bridgehead atoms. The summed E-state index contributed by atoms with van der Waals surface area (Å²) in [6, 6.07) is 1.76. The summed E-state index contributed by atoms with van der Waals surface area (Å²) in [4.78, 5) is 16.3. The summed E-state index contributed by atoms with van der Waals surface area (Å²) < 4.78 is 0. The molecule has 1 aliphatic rings. The van der Waals surface area contributed by atoms with Gasteiger partial charge in [0.25, 0.3) is 5.91 Å². The van der Waals surface area contributed by atoms with Crippen molar-refractivity contribution < 1.29 is 4.79 Å². The maximum Gasteiger partial charge on any atom is 0.252 e. The number of carbonyl (C=O) groups is 1. The molecule has 2 unspecified atom stereocenters. The summed E-state index contributed by atoms with van der Waals surface area (Å²) in [6.07, 6.45) is 8.29. The normalized spacial score (nSPS) is 21.2. The van der Waals surface area contributed by atoms with Crippen LogP contribution in [-0.4, -0.2) is 24.0 Å². The highest BCUT2D eigenvalue weighted by atomic mass is 16.1. The monoisotopic (exact) mass is 285 g/mol. The number of hydrogen-bond donors (Lipinski definition) is 2. The molecule has 3 N–H and O–H groups in total. The van der Waals surface area contributed by atoms with Gasteiger partial charge in [-0.05, 0) is 24.3 Å². The maximum atomic E-state index is 12.2. The summed E-state index contributed by atoms with van der Waals surface area (Å²) in [6.45, 7) is 3.33. The smallest absolute Gasteiger partial charge is 0.252 e. The topological polar surface area (TPSA) is 68.0 Å². The molecule has 1 saturated carbocycles. The quantitative estimate of drug-likeness (QED) is 0.834. The van der Waals surface area contributed by atoms with E-state index < -0.39 is 0 Å². The SMILES string of the molecule is CC1CCCCC1CNC(=O)c1cncc(C#CCN)c1. The van der Waals surface area contributed by atoms with Gasteiger partial charge in [-0.2, -0.15) is 0 Å². The molecule has 1 fully saturated rings. The molecule has 0 saturated heterocycles. The van der Waals surface area contributed by atoms with Crippen molar-refractivity contribution in [2.45, 2.75) is 32.6 Å². The largest absolute Gasteiger partial charge is 0.352 e. The Labute approximate surface area is 126 Å². The molecule has 2 rings (SSSR count). The molecule has 4 nitrogen and oxygen atoms in total. The van der Waals surface area contributed by atoms with Crippen LogP contribution in [0.1, 0.15) is 48.5 Å². The van der Waals surface area contributed by atoms with Crippen molar-refractivity contribution in [3.8, 4) is 11.8 Å². The standard InChI is InChI=1S/C17H23N3O/c1-13-5-2-3-7-15(13)12-20-17(21)16-9-14(6-4-8-18)10-19-11-16/h9-11,13,15H,2-3,5,7-8,12,18H2,1H3,(H,20,21). The number of nitrogens with two attached hydrogens (primary N) is 1. The first-order valence-electron chi connectivity index (χ1n) is 7.63. The molecule has 1 aliphatic carbocycles. The third-order valence-corrected chi connectivity index (χ3v) is 4.15. The second kappa shape index (κ2) is 7.80. The first-order valence-corrected chi connectivity index (χ1v) is 7.63. The average molecular weight is 285 g/mol. The average Bonchev–Trinajstić information content (AvgIpc) is 2.52. The van der Waals surface area contributed by atoms with Crippen molar-refractivity contribution in [2.75, 3.05) is 13.1 Å². The Morgan fingerprint density at radius 1 is 1.43 bits per heavy atom. The zero-order valence-electron chi connectivity index (χ0n) is 12.6. The van der Waals surface area contributed by atoms with E-state index in [0.717, 1.165) is 12.1 Å². The third-order valence-electron chi connectivity index (χ3n) is 4.15. The predicted octanol–water partition coefficient (Wildman–Crippen LogP) is 1.95. The van der Waals surface area contributed by atoms with Gasteiger partial charge in [-0.1, -0.05) is 38.0 Å². The maximum absolute atomic E-state index is 12.2. The number of pyridine rings is 1. The lowest BCUT2D eigenvalue weighted by atomic mass is 9.80. The van der Waals surface area contributed by atoms with Crippen molar-refractivity contribution >= 4 is 5.91 Å². The van der Waals surface area contributed by atoms with Crippen LogP contribution < -0.4 is 11.1 Å².